The predicted octanol–water partition coefficient (Wildman–Crippen LogP) is 3.22. The number of aryl methyl sites for hydroxylation is 1. The molecular weight excluding hydrogens is 252 g/mol. The summed E-state index contributed by atoms with van der Waals surface area (Å²) in [5.41, 5.74) is 0.964. The molecule has 1 heterocycles. The van der Waals surface area contributed by atoms with Gasteiger partial charge in [-0.2, -0.15) is 0 Å². The fraction of sp³-hybridized carbons (Fsp3) is 0.0833. The molecule has 1 aromatic carbocycles. The molecule has 5 nitrogen and oxygen atoms in total. The van der Waals surface area contributed by atoms with E-state index >= 15 is 0 Å². The number of hydrogen-bond donors (Lipinski definition) is 1. The van der Waals surface area contributed by atoms with Crippen LogP contribution in [0.25, 0.3) is 0 Å². The summed E-state index contributed by atoms with van der Waals surface area (Å²) in [6.45, 7) is 1.81. The number of carbonyl (C=O) groups excluding carboxylic acids is 1. The van der Waals surface area contributed by atoms with E-state index in [0.717, 1.165) is 5.56 Å². The molecule has 2 aromatic rings. The number of thiophene rings is 1. The fourth-order valence-corrected chi connectivity index (χ4v) is 2.12. The number of carbonyl (C=O) groups is 1. The van der Waals surface area contributed by atoms with Crippen molar-refractivity contribution in [1.29, 1.82) is 0 Å². The lowest BCUT2D eigenvalue weighted by Crippen LogP contribution is -2.11. The highest BCUT2D eigenvalue weighted by Crippen LogP contribution is 2.26. The van der Waals surface area contributed by atoms with Crippen LogP contribution in [0.4, 0.5) is 11.4 Å². The molecule has 0 saturated carbocycles. The van der Waals surface area contributed by atoms with Gasteiger partial charge in [-0.25, -0.2) is 0 Å². The summed E-state index contributed by atoms with van der Waals surface area (Å²) in [5.74, 6) is -0.335. The Morgan fingerprint density at radius 1 is 1.39 bits per heavy atom. The van der Waals surface area contributed by atoms with Gasteiger partial charge >= 0.3 is 0 Å². The Bertz CT molecular complexity index is 593. The maximum Gasteiger partial charge on any atom is 0.292 e. The number of nitrogens with one attached hydrogen (secondary N) is 1. The topological polar surface area (TPSA) is 72.2 Å². The largest absolute Gasteiger partial charge is 0.316 e. The summed E-state index contributed by atoms with van der Waals surface area (Å²) in [4.78, 5) is 22.7. The standard InChI is InChI=1S/C12H10N2O3S/c1-8-4-5-10(14(16)17)9(7-8)13-12(15)11-3-2-6-18-11/h2-7H,1H3,(H,13,15). The van der Waals surface area contributed by atoms with Crippen LogP contribution in [0.3, 0.4) is 0 Å². The lowest BCUT2D eigenvalue weighted by Gasteiger charge is -2.05. The SMILES string of the molecule is Cc1ccc([N+](=O)[O-])c(NC(=O)c2cccs2)c1. The average Bonchev–Trinajstić information content (AvgIpc) is 2.81. The first-order valence-electron chi connectivity index (χ1n) is 5.18. The van der Waals surface area contributed by atoms with Gasteiger partial charge < -0.3 is 5.32 Å². The van der Waals surface area contributed by atoms with E-state index in [9.17, 15) is 14.9 Å². The van der Waals surface area contributed by atoms with Crippen molar-refractivity contribution in [2.45, 2.75) is 6.92 Å². The van der Waals surface area contributed by atoms with Gasteiger partial charge in [0.1, 0.15) is 5.69 Å². The number of nitrogens with zero attached hydrogens (tertiary/aromatic N) is 1. The molecule has 2 rings (SSSR count). The van der Waals surface area contributed by atoms with Gasteiger partial charge in [-0.1, -0.05) is 12.1 Å². The van der Waals surface area contributed by atoms with Crippen LogP contribution in [0, 0.1) is 17.0 Å². The van der Waals surface area contributed by atoms with Crippen LogP contribution in [0.15, 0.2) is 35.7 Å². The molecule has 0 aliphatic carbocycles. The number of nitro groups is 1. The molecule has 1 aromatic heterocycles. The Morgan fingerprint density at radius 2 is 2.17 bits per heavy atom. The summed E-state index contributed by atoms with van der Waals surface area (Å²) in [6.07, 6.45) is 0. The van der Waals surface area contributed by atoms with Crippen LogP contribution in [0.1, 0.15) is 15.2 Å². The van der Waals surface area contributed by atoms with Crippen LogP contribution in [-0.4, -0.2) is 10.8 Å². The van der Waals surface area contributed by atoms with E-state index in [0.29, 0.717) is 4.88 Å². The third-order valence-corrected chi connectivity index (χ3v) is 3.21. The summed E-state index contributed by atoms with van der Waals surface area (Å²) >= 11 is 1.29. The van der Waals surface area contributed by atoms with E-state index in [1.165, 1.54) is 17.4 Å². The van der Waals surface area contributed by atoms with E-state index in [1.54, 1.807) is 29.6 Å². The molecule has 0 aliphatic heterocycles. The van der Waals surface area contributed by atoms with Gasteiger partial charge in [-0.3, -0.25) is 14.9 Å². The Morgan fingerprint density at radius 3 is 2.78 bits per heavy atom. The number of rotatable bonds is 3. The maximum absolute atomic E-state index is 11.8. The summed E-state index contributed by atoms with van der Waals surface area (Å²) in [7, 11) is 0. The molecule has 92 valence electrons. The van der Waals surface area contributed by atoms with Crippen LogP contribution in [-0.2, 0) is 0 Å². The van der Waals surface area contributed by atoms with E-state index in [-0.39, 0.29) is 17.3 Å². The Kier molecular flexibility index (Phi) is 3.38. The molecule has 0 saturated heterocycles. The normalized spacial score (nSPS) is 10.1. The smallest absolute Gasteiger partial charge is 0.292 e. The first-order valence-corrected chi connectivity index (χ1v) is 6.06. The molecule has 1 N–H and O–H groups in total. The van der Waals surface area contributed by atoms with Crippen molar-refractivity contribution in [3.05, 3.63) is 56.3 Å². The Hall–Kier alpha value is -2.21. The van der Waals surface area contributed by atoms with Crippen molar-refractivity contribution >= 4 is 28.6 Å². The van der Waals surface area contributed by atoms with Crippen molar-refractivity contribution in [3.8, 4) is 0 Å². The van der Waals surface area contributed by atoms with Gasteiger partial charge in [0.05, 0.1) is 9.80 Å². The minimum absolute atomic E-state index is 0.106. The number of anilines is 1. The second kappa shape index (κ2) is 4.97. The van der Waals surface area contributed by atoms with Crippen LogP contribution in [0.2, 0.25) is 0 Å². The summed E-state index contributed by atoms with van der Waals surface area (Å²) in [6, 6.07) is 8.04. The quantitative estimate of drug-likeness (QED) is 0.681. The monoisotopic (exact) mass is 262 g/mol. The molecule has 1 amide bonds. The van der Waals surface area contributed by atoms with Crippen LogP contribution in [0.5, 0.6) is 0 Å². The van der Waals surface area contributed by atoms with Crippen LogP contribution >= 0.6 is 11.3 Å². The van der Waals surface area contributed by atoms with Gasteiger partial charge in [0.2, 0.25) is 0 Å². The number of hydrogen-bond acceptors (Lipinski definition) is 4. The third kappa shape index (κ3) is 2.54. The van der Waals surface area contributed by atoms with Gasteiger partial charge in [0.25, 0.3) is 11.6 Å². The number of benzene rings is 1. The zero-order valence-corrected chi connectivity index (χ0v) is 10.4. The zero-order valence-electron chi connectivity index (χ0n) is 9.54. The van der Waals surface area contributed by atoms with E-state index < -0.39 is 4.92 Å². The average molecular weight is 262 g/mol. The van der Waals surface area contributed by atoms with Gasteiger partial charge in [0.15, 0.2) is 0 Å². The summed E-state index contributed by atoms with van der Waals surface area (Å²) in [5, 5.41) is 15.2. The molecule has 0 bridgehead atoms. The zero-order chi connectivity index (χ0) is 13.1. The van der Waals surface area contributed by atoms with Gasteiger partial charge in [0, 0.05) is 6.07 Å². The van der Waals surface area contributed by atoms with Gasteiger partial charge in [-0.15, -0.1) is 11.3 Å². The Labute approximate surface area is 107 Å². The van der Waals surface area contributed by atoms with Crippen molar-refractivity contribution in [2.75, 3.05) is 5.32 Å². The molecule has 0 aliphatic rings. The highest BCUT2D eigenvalue weighted by molar-refractivity contribution is 7.12. The predicted molar refractivity (Wildman–Crippen MR) is 70.1 cm³/mol. The first kappa shape index (κ1) is 12.3. The van der Waals surface area contributed by atoms with E-state index in [4.69, 9.17) is 0 Å². The second-order valence-corrected chi connectivity index (χ2v) is 4.66. The third-order valence-electron chi connectivity index (χ3n) is 2.34. The fourth-order valence-electron chi connectivity index (χ4n) is 1.50. The molecule has 6 heteroatoms. The second-order valence-electron chi connectivity index (χ2n) is 3.71. The highest BCUT2D eigenvalue weighted by Gasteiger charge is 2.16. The maximum atomic E-state index is 11.8. The lowest BCUT2D eigenvalue weighted by atomic mass is 10.2. The van der Waals surface area contributed by atoms with E-state index in [1.807, 2.05) is 6.92 Å². The molecule has 0 fully saturated rings. The van der Waals surface area contributed by atoms with E-state index in [2.05, 4.69) is 5.32 Å². The number of amides is 1. The summed E-state index contributed by atoms with van der Waals surface area (Å²) < 4.78 is 0. The van der Waals surface area contributed by atoms with Gasteiger partial charge in [-0.05, 0) is 30.0 Å². The van der Waals surface area contributed by atoms with Crippen molar-refractivity contribution in [1.82, 2.24) is 0 Å². The molecule has 0 spiro atoms. The molecule has 0 radical (unpaired) electrons. The first-order chi connectivity index (χ1) is 8.58. The van der Waals surface area contributed by atoms with Crippen LogP contribution < -0.4 is 5.32 Å². The molecular formula is C12H10N2O3S. The minimum Gasteiger partial charge on any atom is -0.316 e. The van der Waals surface area contributed by atoms with Crippen molar-refractivity contribution in [3.63, 3.8) is 0 Å². The Balaban J connectivity index is 2.31. The number of nitro benzene ring substituents is 1. The molecule has 18 heavy (non-hydrogen) atoms. The van der Waals surface area contributed by atoms with Crippen molar-refractivity contribution < 1.29 is 9.72 Å². The van der Waals surface area contributed by atoms with Crippen molar-refractivity contribution in [2.24, 2.45) is 0 Å². The minimum atomic E-state index is -0.510. The molecule has 0 unspecified atom stereocenters. The lowest BCUT2D eigenvalue weighted by molar-refractivity contribution is -0.383. The highest BCUT2D eigenvalue weighted by atomic mass is 32.1. The molecule has 0 atom stereocenters.